The van der Waals surface area contributed by atoms with Gasteiger partial charge in [0.2, 0.25) is 0 Å². The number of hydrogen-bond acceptors (Lipinski definition) is 2. The minimum absolute atomic E-state index is 0.116. The van der Waals surface area contributed by atoms with Crippen molar-refractivity contribution in [2.45, 2.75) is 13.0 Å². The van der Waals surface area contributed by atoms with Gasteiger partial charge in [0.25, 0.3) is 0 Å². The van der Waals surface area contributed by atoms with Gasteiger partial charge in [-0.15, -0.1) is 0 Å². The van der Waals surface area contributed by atoms with Crippen molar-refractivity contribution in [2.75, 3.05) is 13.7 Å². The Morgan fingerprint density at radius 1 is 1.71 bits per heavy atom. The molecular weight excluding hydrogens is 92.1 g/mol. The molecule has 0 fully saturated rings. The van der Waals surface area contributed by atoms with E-state index >= 15 is 0 Å². The lowest BCUT2D eigenvalue weighted by atomic mass is 10.4. The molecule has 43 valence electrons. The van der Waals surface area contributed by atoms with E-state index in [-0.39, 0.29) is 6.10 Å². The van der Waals surface area contributed by atoms with Gasteiger partial charge >= 0.3 is 0 Å². The molecule has 0 aromatic carbocycles. The van der Waals surface area contributed by atoms with Gasteiger partial charge < -0.3 is 9.47 Å². The third kappa shape index (κ3) is 3.76. The molecule has 0 rings (SSSR count). The highest BCUT2D eigenvalue weighted by Crippen LogP contribution is 1.86. The van der Waals surface area contributed by atoms with Crippen molar-refractivity contribution in [1.29, 1.82) is 0 Å². The Kier molecular flexibility index (Phi) is 4.04. The second-order valence-corrected chi connectivity index (χ2v) is 1.43. The lowest BCUT2D eigenvalue weighted by Gasteiger charge is -2.04. The summed E-state index contributed by atoms with van der Waals surface area (Å²) in [5, 5.41) is 0. The van der Waals surface area contributed by atoms with Crippen LogP contribution < -0.4 is 0 Å². The summed E-state index contributed by atoms with van der Waals surface area (Å²) in [5.41, 5.74) is 0. The van der Waals surface area contributed by atoms with E-state index in [1.54, 1.807) is 7.11 Å². The van der Waals surface area contributed by atoms with Crippen molar-refractivity contribution in [1.82, 2.24) is 0 Å². The molecule has 0 N–H and O–H groups in total. The maximum absolute atomic E-state index is 4.73. The molecule has 0 aliphatic rings. The van der Waals surface area contributed by atoms with E-state index in [4.69, 9.17) is 4.74 Å². The Bertz CT molecular complexity index is 37.1. The van der Waals surface area contributed by atoms with Crippen LogP contribution in [0.1, 0.15) is 6.92 Å². The summed E-state index contributed by atoms with van der Waals surface area (Å²) in [7, 11) is 4.86. The number of hydrogen-bond donors (Lipinski definition) is 0. The van der Waals surface area contributed by atoms with Gasteiger partial charge in [-0.25, -0.2) is 0 Å². The lowest BCUT2D eigenvalue weighted by Crippen LogP contribution is -2.10. The minimum atomic E-state index is 0.116. The predicted octanol–water partition coefficient (Wildman–Crippen LogP) is 0.829. The third-order valence-electron chi connectivity index (χ3n) is 0.686. The summed E-state index contributed by atoms with van der Waals surface area (Å²) in [6.45, 7) is 2.51. The van der Waals surface area contributed by atoms with Crippen LogP contribution >= 0.6 is 0 Å². The van der Waals surface area contributed by atoms with Crippen molar-refractivity contribution in [2.24, 2.45) is 0 Å². The van der Waals surface area contributed by atoms with Crippen LogP contribution in [0.4, 0.5) is 0 Å². The van der Waals surface area contributed by atoms with Crippen molar-refractivity contribution in [3.05, 3.63) is 7.11 Å². The van der Waals surface area contributed by atoms with Gasteiger partial charge in [0.05, 0.1) is 19.8 Å². The highest BCUT2D eigenvalue weighted by molar-refractivity contribution is 4.42. The van der Waals surface area contributed by atoms with Crippen LogP contribution in [0.3, 0.4) is 0 Å². The molecule has 2 nitrogen and oxygen atoms in total. The van der Waals surface area contributed by atoms with Crippen LogP contribution in [0.25, 0.3) is 0 Å². The van der Waals surface area contributed by atoms with Crippen LogP contribution in [0.5, 0.6) is 0 Å². The summed E-state index contributed by atoms with van der Waals surface area (Å²) in [6, 6.07) is 0. The molecule has 0 bridgehead atoms. The first-order chi connectivity index (χ1) is 3.31. The van der Waals surface area contributed by atoms with Crippen molar-refractivity contribution >= 4 is 0 Å². The zero-order valence-electron chi connectivity index (χ0n) is 4.81. The molecule has 0 amide bonds. The second kappa shape index (κ2) is 4.09. The van der Waals surface area contributed by atoms with Gasteiger partial charge in [0, 0.05) is 7.11 Å². The van der Waals surface area contributed by atoms with Crippen LogP contribution in [-0.2, 0) is 9.47 Å². The fourth-order valence-corrected chi connectivity index (χ4v) is 0.283. The maximum atomic E-state index is 4.73. The Morgan fingerprint density at radius 3 is 2.43 bits per heavy atom. The molecule has 0 saturated carbocycles. The Labute approximate surface area is 44.4 Å². The average molecular weight is 103 g/mol. The minimum Gasteiger partial charge on any atom is -0.382 e. The molecule has 7 heavy (non-hydrogen) atoms. The first-order valence-corrected chi connectivity index (χ1v) is 2.21. The predicted molar refractivity (Wildman–Crippen MR) is 27.8 cm³/mol. The molecule has 0 saturated heterocycles. The van der Waals surface area contributed by atoms with Crippen LogP contribution in [0.2, 0.25) is 0 Å². The molecule has 1 radical (unpaired) electrons. The Morgan fingerprint density at radius 2 is 2.29 bits per heavy atom. The molecule has 1 unspecified atom stereocenters. The zero-order chi connectivity index (χ0) is 5.70. The van der Waals surface area contributed by atoms with E-state index in [0.29, 0.717) is 6.61 Å². The van der Waals surface area contributed by atoms with E-state index in [1.807, 2.05) is 6.92 Å². The molecule has 0 aliphatic heterocycles. The summed E-state index contributed by atoms with van der Waals surface area (Å²) >= 11 is 0. The van der Waals surface area contributed by atoms with E-state index < -0.39 is 0 Å². The number of rotatable bonds is 3. The van der Waals surface area contributed by atoms with Gasteiger partial charge in [-0.05, 0) is 6.92 Å². The maximum Gasteiger partial charge on any atom is 0.0781 e. The standard InChI is InChI=1S/C5H11O2/c1-5(7-3)4-6-2/h5H,3-4H2,1-2H3. The fraction of sp³-hybridized carbons (Fsp3) is 0.800. The summed E-state index contributed by atoms with van der Waals surface area (Å²) in [6.07, 6.45) is 0.116. The molecule has 2 heteroatoms. The molecule has 0 aliphatic carbocycles. The topological polar surface area (TPSA) is 18.5 Å². The normalized spacial score (nSPS) is 14.1. The first kappa shape index (κ1) is 6.92. The van der Waals surface area contributed by atoms with Crippen LogP contribution in [0.15, 0.2) is 0 Å². The van der Waals surface area contributed by atoms with E-state index in [2.05, 4.69) is 11.8 Å². The van der Waals surface area contributed by atoms with Crippen molar-refractivity contribution in [3.63, 3.8) is 0 Å². The summed E-state index contributed by atoms with van der Waals surface area (Å²) < 4.78 is 9.35. The zero-order valence-corrected chi connectivity index (χ0v) is 4.81. The fourth-order valence-electron chi connectivity index (χ4n) is 0.283. The molecule has 0 heterocycles. The summed E-state index contributed by atoms with van der Waals surface area (Å²) in [5.74, 6) is 0. The lowest BCUT2D eigenvalue weighted by molar-refractivity contribution is 0.0599. The molecule has 0 aromatic rings. The van der Waals surface area contributed by atoms with Crippen molar-refractivity contribution in [3.8, 4) is 0 Å². The highest BCUT2D eigenvalue weighted by Gasteiger charge is 1.93. The van der Waals surface area contributed by atoms with Gasteiger partial charge in [-0.1, -0.05) is 0 Å². The molecule has 0 spiro atoms. The van der Waals surface area contributed by atoms with Gasteiger partial charge in [-0.2, -0.15) is 0 Å². The van der Waals surface area contributed by atoms with E-state index in [1.165, 1.54) is 0 Å². The summed E-state index contributed by atoms with van der Waals surface area (Å²) in [4.78, 5) is 0. The van der Waals surface area contributed by atoms with Crippen LogP contribution in [-0.4, -0.2) is 19.8 Å². The van der Waals surface area contributed by atoms with Gasteiger partial charge in [0.1, 0.15) is 0 Å². The van der Waals surface area contributed by atoms with Gasteiger partial charge in [0.15, 0.2) is 0 Å². The quantitative estimate of drug-likeness (QED) is 0.526. The molecule has 0 aromatic heterocycles. The molecule has 1 atom stereocenters. The van der Waals surface area contributed by atoms with Crippen molar-refractivity contribution < 1.29 is 9.47 Å². The SMILES string of the molecule is [CH2]OC(C)COC. The van der Waals surface area contributed by atoms with Gasteiger partial charge in [-0.3, -0.25) is 0 Å². The average Bonchev–Trinajstić information content (AvgIpc) is 1.68. The van der Waals surface area contributed by atoms with Crippen LogP contribution in [0, 0.1) is 7.11 Å². The Hall–Kier alpha value is -0.0800. The first-order valence-electron chi connectivity index (χ1n) is 2.21. The Balaban J connectivity index is 2.83. The smallest absolute Gasteiger partial charge is 0.0781 e. The number of methoxy groups -OCH3 is 1. The largest absolute Gasteiger partial charge is 0.382 e. The van der Waals surface area contributed by atoms with E-state index in [0.717, 1.165) is 0 Å². The number of ether oxygens (including phenoxy) is 2. The second-order valence-electron chi connectivity index (χ2n) is 1.43. The molecular formula is C5H11O2. The van der Waals surface area contributed by atoms with E-state index in [9.17, 15) is 0 Å². The highest BCUT2D eigenvalue weighted by atomic mass is 16.5. The third-order valence-corrected chi connectivity index (χ3v) is 0.686. The monoisotopic (exact) mass is 103 g/mol.